The highest BCUT2D eigenvalue weighted by Gasteiger charge is 2.48. The summed E-state index contributed by atoms with van der Waals surface area (Å²) in [6.45, 7) is 7.65. The van der Waals surface area contributed by atoms with Crippen LogP contribution in [0.25, 0.3) is 0 Å². The zero-order chi connectivity index (χ0) is 20.5. The van der Waals surface area contributed by atoms with E-state index in [0.717, 1.165) is 47.9 Å². The molecule has 1 aromatic carbocycles. The van der Waals surface area contributed by atoms with Crippen LogP contribution in [-0.4, -0.2) is 17.3 Å². The first-order valence-electron chi connectivity index (χ1n) is 10.4. The summed E-state index contributed by atoms with van der Waals surface area (Å²) in [5.74, 6) is 5.87. The first-order valence-corrected chi connectivity index (χ1v) is 10.4. The molecule has 28 heavy (non-hydrogen) atoms. The summed E-state index contributed by atoms with van der Waals surface area (Å²) >= 11 is 0. The van der Waals surface area contributed by atoms with E-state index in [9.17, 15) is 14.4 Å². The number of hydrogen-bond acceptors (Lipinski definition) is 3. The summed E-state index contributed by atoms with van der Waals surface area (Å²) in [7, 11) is 0. The Morgan fingerprint density at radius 3 is 2.07 bits per heavy atom. The van der Waals surface area contributed by atoms with Crippen LogP contribution in [0, 0.1) is 37.0 Å². The number of Topliss-reactive ketones (excluding diaryl/α,β-unsaturated/α-hetero) is 3. The van der Waals surface area contributed by atoms with Crippen molar-refractivity contribution in [1.29, 1.82) is 0 Å². The molecular formula is C25H30O3. The largest absolute Gasteiger partial charge is 0.299 e. The maximum Gasteiger partial charge on any atom is 0.148 e. The molecule has 2 saturated carbocycles. The van der Waals surface area contributed by atoms with E-state index in [4.69, 9.17) is 0 Å². The molecule has 3 heteroatoms. The molecule has 0 bridgehead atoms. The van der Waals surface area contributed by atoms with E-state index >= 15 is 0 Å². The molecule has 2 fully saturated rings. The Hall–Kier alpha value is -2.21. The summed E-state index contributed by atoms with van der Waals surface area (Å²) in [6, 6.07) is 3.96. The zero-order valence-electron chi connectivity index (χ0n) is 17.5. The lowest BCUT2D eigenvalue weighted by molar-refractivity contribution is -0.138. The second-order valence-electron chi connectivity index (χ2n) is 8.71. The van der Waals surface area contributed by atoms with Crippen LogP contribution in [0.4, 0.5) is 0 Å². The summed E-state index contributed by atoms with van der Waals surface area (Å²) in [5.41, 5.74) is 3.52. The molecule has 2 aliphatic carbocycles. The zero-order valence-corrected chi connectivity index (χ0v) is 17.5. The smallest absolute Gasteiger partial charge is 0.148 e. The first-order chi connectivity index (χ1) is 13.3. The van der Waals surface area contributed by atoms with Crippen LogP contribution in [0.3, 0.4) is 0 Å². The van der Waals surface area contributed by atoms with Gasteiger partial charge in [0.25, 0.3) is 0 Å². The molecule has 1 spiro atoms. The van der Waals surface area contributed by atoms with Gasteiger partial charge in [-0.15, -0.1) is 5.92 Å². The second kappa shape index (κ2) is 8.03. The van der Waals surface area contributed by atoms with Gasteiger partial charge in [-0.05, 0) is 80.7 Å². The topological polar surface area (TPSA) is 51.2 Å². The van der Waals surface area contributed by atoms with Crippen LogP contribution in [0.15, 0.2) is 12.1 Å². The number of aryl methyl sites for hydroxylation is 2. The average molecular weight is 379 g/mol. The van der Waals surface area contributed by atoms with Gasteiger partial charge in [0, 0.05) is 30.7 Å². The lowest BCUT2D eigenvalue weighted by Crippen LogP contribution is -2.42. The Balaban J connectivity index is 1.82. The summed E-state index contributed by atoms with van der Waals surface area (Å²) in [6.07, 6.45) is 4.78. The number of carbonyl (C=O) groups is 3. The van der Waals surface area contributed by atoms with Gasteiger partial charge in [-0.25, -0.2) is 0 Å². The van der Waals surface area contributed by atoms with E-state index in [0.29, 0.717) is 25.0 Å². The van der Waals surface area contributed by atoms with E-state index in [1.165, 1.54) is 0 Å². The van der Waals surface area contributed by atoms with Crippen LogP contribution < -0.4 is 0 Å². The molecule has 3 nitrogen and oxygen atoms in total. The fourth-order valence-electron chi connectivity index (χ4n) is 5.35. The van der Waals surface area contributed by atoms with E-state index in [-0.39, 0.29) is 22.9 Å². The van der Waals surface area contributed by atoms with Crippen molar-refractivity contribution >= 4 is 17.3 Å². The van der Waals surface area contributed by atoms with Crippen molar-refractivity contribution < 1.29 is 14.4 Å². The lowest BCUT2D eigenvalue weighted by Gasteiger charge is -2.43. The molecule has 0 heterocycles. The van der Waals surface area contributed by atoms with E-state index in [1.54, 1.807) is 6.92 Å². The van der Waals surface area contributed by atoms with Gasteiger partial charge in [0.1, 0.15) is 23.3 Å². The lowest BCUT2D eigenvalue weighted by atomic mass is 9.59. The standard InChI is InChI=1S/C25H30O3/c1-5-7-18-12-16(3)23(17(4)13-18)24-21(27)14-25(15-22(24)28)10-8-19(9-11-25)20(26)6-2/h12-13,19,24H,6,8-11,14-15H2,1-4H3. The maximum atomic E-state index is 13.1. The van der Waals surface area contributed by atoms with Crippen molar-refractivity contribution in [3.63, 3.8) is 0 Å². The molecule has 3 rings (SSSR count). The number of rotatable bonds is 3. The van der Waals surface area contributed by atoms with Crippen molar-refractivity contribution in [1.82, 2.24) is 0 Å². The van der Waals surface area contributed by atoms with Gasteiger partial charge < -0.3 is 0 Å². The van der Waals surface area contributed by atoms with Gasteiger partial charge in [0.2, 0.25) is 0 Å². The normalized spacial score (nSPS) is 27.4. The minimum absolute atomic E-state index is 0.0528. The van der Waals surface area contributed by atoms with Crippen LogP contribution in [0.1, 0.15) is 87.0 Å². The Labute approximate surface area is 168 Å². The summed E-state index contributed by atoms with van der Waals surface area (Å²) in [4.78, 5) is 38.3. The molecule has 0 radical (unpaired) electrons. The monoisotopic (exact) mass is 378 g/mol. The Bertz CT molecular complexity index is 830. The third-order valence-corrected chi connectivity index (χ3v) is 6.74. The van der Waals surface area contributed by atoms with Crippen molar-refractivity contribution in [3.8, 4) is 11.8 Å². The van der Waals surface area contributed by atoms with Crippen LogP contribution in [-0.2, 0) is 14.4 Å². The summed E-state index contributed by atoms with van der Waals surface area (Å²) in [5, 5.41) is 0. The quantitative estimate of drug-likeness (QED) is 0.558. The Morgan fingerprint density at radius 1 is 1.07 bits per heavy atom. The van der Waals surface area contributed by atoms with Crippen molar-refractivity contribution in [3.05, 3.63) is 34.4 Å². The van der Waals surface area contributed by atoms with E-state index in [1.807, 2.05) is 32.9 Å². The highest BCUT2D eigenvalue weighted by atomic mass is 16.2. The predicted molar refractivity (Wildman–Crippen MR) is 110 cm³/mol. The molecule has 1 aromatic rings. The molecule has 0 saturated heterocycles. The highest BCUT2D eigenvalue weighted by molar-refractivity contribution is 6.10. The SMILES string of the molecule is CC#Cc1cc(C)c(C2C(=O)CC3(CCC(C(=O)CC)CC3)CC2=O)c(C)c1. The highest BCUT2D eigenvalue weighted by Crippen LogP contribution is 2.50. The predicted octanol–water partition coefficient (Wildman–Crippen LogP) is 4.85. The second-order valence-corrected chi connectivity index (χ2v) is 8.71. The van der Waals surface area contributed by atoms with Crippen LogP contribution in [0.5, 0.6) is 0 Å². The minimum Gasteiger partial charge on any atom is -0.299 e. The maximum absolute atomic E-state index is 13.1. The van der Waals surface area contributed by atoms with Gasteiger partial charge in [0.05, 0.1) is 0 Å². The Morgan fingerprint density at radius 2 is 1.61 bits per heavy atom. The molecule has 2 aliphatic rings. The number of carbonyl (C=O) groups excluding carboxylic acids is 3. The first kappa shape index (κ1) is 20.5. The van der Waals surface area contributed by atoms with Gasteiger partial charge >= 0.3 is 0 Å². The molecule has 0 aliphatic heterocycles. The number of hydrogen-bond donors (Lipinski definition) is 0. The number of benzene rings is 1. The molecule has 0 N–H and O–H groups in total. The van der Waals surface area contributed by atoms with Crippen LogP contribution >= 0.6 is 0 Å². The minimum atomic E-state index is -0.635. The average Bonchev–Trinajstić information content (AvgIpc) is 2.63. The third kappa shape index (κ3) is 3.83. The molecule has 148 valence electrons. The van der Waals surface area contributed by atoms with Gasteiger partial charge in [-0.2, -0.15) is 0 Å². The Kier molecular flexibility index (Phi) is 5.89. The van der Waals surface area contributed by atoms with E-state index < -0.39 is 5.92 Å². The fourth-order valence-corrected chi connectivity index (χ4v) is 5.35. The van der Waals surface area contributed by atoms with Crippen molar-refractivity contribution in [2.24, 2.45) is 11.3 Å². The number of ketones is 3. The molecule has 0 amide bonds. The summed E-state index contributed by atoms with van der Waals surface area (Å²) < 4.78 is 0. The van der Waals surface area contributed by atoms with E-state index in [2.05, 4.69) is 11.8 Å². The molecule has 0 aromatic heterocycles. The fraction of sp³-hybridized carbons (Fsp3) is 0.560. The van der Waals surface area contributed by atoms with Gasteiger partial charge in [-0.1, -0.05) is 12.8 Å². The van der Waals surface area contributed by atoms with Crippen molar-refractivity contribution in [2.45, 2.75) is 78.6 Å². The van der Waals surface area contributed by atoms with Crippen molar-refractivity contribution in [2.75, 3.05) is 0 Å². The van der Waals surface area contributed by atoms with Gasteiger partial charge in [0.15, 0.2) is 0 Å². The third-order valence-electron chi connectivity index (χ3n) is 6.74. The molecule has 0 atom stereocenters. The van der Waals surface area contributed by atoms with Gasteiger partial charge in [-0.3, -0.25) is 14.4 Å². The molecular weight excluding hydrogens is 348 g/mol. The van der Waals surface area contributed by atoms with Crippen LogP contribution in [0.2, 0.25) is 0 Å². The molecule has 0 unspecified atom stereocenters.